The van der Waals surface area contributed by atoms with E-state index in [0.29, 0.717) is 11.4 Å². The number of alkyl halides is 3. The number of halogens is 4. The molecular formula is C27H21F4N7O3S. The van der Waals surface area contributed by atoms with E-state index in [-0.39, 0.29) is 39.7 Å². The summed E-state index contributed by atoms with van der Waals surface area (Å²) in [5.41, 5.74) is 1.95. The van der Waals surface area contributed by atoms with Crippen LogP contribution in [0.1, 0.15) is 0 Å². The molecular weight excluding hydrogens is 578 g/mol. The summed E-state index contributed by atoms with van der Waals surface area (Å²) in [4.78, 5) is 36.6. The van der Waals surface area contributed by atoms with E-state index in [4.69, 9.17) is 0 Å². The Morgan fingerprint density at radius 2 is 1.83 bits per heavy atom. The molecule has 1 aliphatic heterocycles. The summed E-state index contributed by atoms with van der Waals surface area (Å²) in [5.74, 6) is -1.17. The van der Waals surface area contributed by atoms with Gasteiger partial charge < -0.3 is 15.0 Å². The number of aromatic nitrogens is 3. The van der Waals surface area contributed by atoms with Gasteiger partial charge >= 0.3 is 12.4 Å². The van der Waals surface area contributed by atoms with Crippen LogP contribution in [0.3, 0.4) is 0 Å². The van der Waals surface area contributed by atoms with Gasteiger partial charge in [-0.05, 0) is 60.7 Å². The standard InChI is InChI=1S/C27H21F4N7O3S/c1-36(2)18-4-3-5-19(13-18)38-23(39)14-42-26(38)34-25(40)33-22-11-6-16(12-21(22)28)24-32-15-37(35-24)17-7-9-20(10-8-17)41-27(29,30)31/h3-13,15H,14H2,1-2H3,(H,33,40)/b34-26-. The van der Waals surface area contributed by atoms with Crippen molar-refractivity contribution in [2.24, 2.45) is 4.99 Å². The van der Waals surface area contributed by atoms with Gasteiger partial charge in [-0.2, -0.15) is 4.99 Å². The minimum absolute atomic E-state index is 0.104. The van der Waals surface area contributed by atoms with E-state index in [1.165, 1.54) is 40.2 Å². The molecule has 0 atom stereocenters. The van der Waals surface area contributed by atoms with Crippen molar-refractivity contribution in [3.05, 3.63) is 78.9 Å². The van der Waals surface area contributed by atoms with Gasteiger partial charge in [0, 0.05) is 25.3 Å². The van der Waals surface area contributed by atoms with E-state index >= 15 is 0 Å². The summed E-state index contributed by atoms with van der Waals surface area (Å²) in [6.45, 7) is 0. The third-order valence-corrected chi connectivity index (χ3v) is 6.79. The Kier molecular flexibility index (Phi) is 7.85. The monoisotopic (exact) mass is 599 g/mol. The number of amides is 3. The Hall–Kier alpha value is -4.92. The fourth-order valence-electron chi connectivity index (χ4n) is 3.91. The number of nitrogens with zero attached hydrogens (tertiary/aromatic N) is 6. The predicted molar refractivity (Wildman–Crippen MR) is 151 cm³/mol. The maximum Gasteiger partial charge on any atom is 0.573 e. The Labute approximate surface area is 240 Å². The first-order valence-corrected chi connectivity index (χ1v) is 13.2. The van der Waals surface area contributed by atoms with Crippen LogP contribution in [0.2, 0.25) is 0 Å². The third-order valence-electron chi connectivity index (χ3n) is 5.86. The van der Waals surface area contributed by atoms with Crippen LogP contribution in [0, 0.1) is 5.82 Å². The Morgan fingerprint density at radius 1 is 1.07 bits per heavy atom. The molecule has 0 saturated carbocycles. The highest BCUT2D eigenvalue weighted by atomic mass is 32.2. The summed E-state index contributed by atoms with van der Waals surface area (Å²) >= 11 is 1.10. The molecule has 1 N–H and O–H groups in total. The molecule has 1 aliphatic rings. The molecule has 0 radical (unpaired) electrons. The molecule has 15 heteroatoms. The third kappa shape index (κ3) is 6.52. The predicted octanol–water partition coefficient (Wildman–Crippen LogP) is 5.71. The number of hydrogen-bond acceptors (Lipinski definition) is 7. The number of amidine groups is 1. The number of thioether (sulfide) groups is 1. The van der Waals surface area contributed by atoms with Crippen molar-refractivity contribution in [1.29, 1.82) is 0 Å². The highest BCUT2D eigenvalue weighted by Gasteiger charge is 2.32. The summed E-state index contributed by atoms with van der Waals surface area (Å²) in [6.07, 6.45) is -3.49. The number of carbonyl (C=O) groups is 2. The summed E-state index contributed by atoms with van der Waals surface area (Å²) in [6, 6.07) is 15.2. The Balaban J connectivity index is 1.28. The SMILES string of the molecule is CN(C)c1cccc(N2C(=O)CS/C2=N\C(=O)Nc2ccc(-c3ncn(-c4ccc(OC(F)(F)F)cc4)n3)cc2F)c1. The van der Waals surface area contributed by atoms with Gasteiger partial charge in [0.1, 0.15) is 17.9 Å². The molecule has 0 spiro atoms. The zero-order valence-corrected chi connectivity index (χ0v) is 22.8. The highest BCUT2D eigenvalue weighted by molar-refractivity contribution is 8.15. The molecule has 42 heavy (non-hydrogen) atoms. The van der Waals surface area contributed by atoms with E-state index < -0.39 is 18.2 Å². The molecule has 5 rings (SSSR count). The van der Waals surface area contributed by atoms with Gasteiger partial charge in [0.15, 0.2) is 11.0 Å². The number of carbonyl (C=O) groups excluding carboxylic acids is 2. The molecule has 4 aromatic rings. The lowest BCUT2D eigenvalue weighted by molar-refractivity contribution is -0.274. The lowest BCUT2D eigenvalue weighted by Gasteiger charge is -2.19. The van der Waals surface area contributed by atoms with Gasteiger partial charge in [-0.3, -0.25) is 9.69 Å². The second-order valence-corrected chi connectivity index (χ2v) is 9.95. The Morgan fingerprint density at radius 3 is 2.52 bits per heavy atom. The molecule has 0 bridgehead atoms. The van der Waals surface area contributed by atoms with E-state index in [1.54, 1.807) is 18.2 Å². The van der Waals surface area contributed by atoms with Gasteiger partial charge in [0.25, 0.3) is 0 Å². The number of urea groups is 1. The molecule has 1 fully saturated rings. The smallest absolute Gasteiger partial charge is 0.406 e. The van der Waals surface area contributed by atoms with E-state index in [0.717, 1.165) is 35.6 Å². The van der Waals surface area contributed by atoms with Crippen LogP contribution >= 0.6 is 11.8 Å². The maximum atomic E-state index is 14.9. The second-order valence-electron chi connectivity index (χ2n) is 9.01. The molecule has 0 unspecified atom stereocenters. The minimum Gasteiger partial charge on any atom is -0.406 e. The molecule has 1 saturated heterocycles. The number of hydrogen-bond donors (Lipinski definition) is 1. The molecule has 2 heterocycles. The minimum atomic E-state index is -4.81. The quantitative estimate of drug-likeness (QED) is 0.283. The fraction of sp³-hybridized carbons (Fsp3) is 0.148. The van der Waals surface area contributed by atoms with E-state index in [1.807, 2.05) is 25.1 Å². The van der Waals surface area contributed by atoms with Gasteiger partial charge in [-0.15, -0.1) is 18.3 Å². The molecule has 3 aromatic carbocycles. The van der Waals surface area contributed by atoms with E-state index in [9.17, 15) is 27.2 Å². The van der Waals surface area contributed by atoms with Crippen molar-refractivity contribution in [2.45, 2.75) is 6.36 Å². The summed E-state index contributed by atoms with van der Waals surface area (Å²) in [5, 5.41) is 6.79. The van der Waals surface area contributed by atoms with Crippen LogP contribution in [0.5, 0.6) is 5.75 Å². The lowest BCUT2D eigenvalue weighted by atomic mass is 10.2. The first-order chi connectivity index (χ1) is 20.0. The van der Waals surface area contributed by atoms with Gasteiger partial charge in [0.2, 0.25) is 5.91 Å². The van der Waals surface area contributed by atoms with Crippen molar-refractivity contribution in [2.75, 3.05) is 35.0 Å². The lowest BCUT2D eigenvalue weighted by Crippen LogP contribution is -2.30. The molecule has 3 amide bonds. The molecule has 216 valence electrons. The van der Waals surface area contributed by atoms with Crippen molar-refractivity contribution in [3.63, 3.8) is 0 Å². The average Bonchev–Trinajstić information content (AvgIpc) is 3.56. The number of rotatable bonds is 6. The maximum absolute atomic E-state index is 14.9. The average molecular weight is 600 g/mol. The Bertz CT molecular complexity index is 1670. The molecule has 0 aliphatic carbocycles. The van der Waals surface area contributed by atoms with Gasteiger partial charge in [-0.1, -0.05) is 17.8 Å². The van der Waals surface area contributed by atoms with E-state index in [2.05, 4.69) is 25.1 Å². The van der Waals surface area contributed by atoms with Crippen LogP contribution in [0.25, 0.3) is 17.1 Å². The number of nitrogens with one attached hydrogen (secondary N) is 1. The van der Waals surface area contributed by atoms with Crippen LogP contribution in [-0.4, -0.2) is 58.1 Å². The highest BCUT2D eigenvalue weighted by Crippen LogP contribution is 2.30. The summed E-state index contributed by atoms with van der Waals surface area (Å²) in [7, 11) is 3.73. The van der Waals surface area contributed by atoms with Crippen molar-refractivity contribution in [1.82, 2.24) is 14.8 Å². The molecule has 10 nitrogen and oxygen atoms in total. The largest absolute Gasteiger partial charge is 0.573 e. The van der Waals surface area contributed by atoms with Crippen LogP contribution < -0.4 is 19.9 Å². The van der Waals surface area contributed by atoms with Crippen LogP contribution in [0.15, 0.2) is 78.0 Å². The summed E-state index contributed by atoms with van der Waals surface area (Å²) < 4.78 is 57.2. The topological polar surface area (TPSA) is 105 Å². The number of ether oxygens (including phenoxy) is 1. The first-order valence-electron chi connectivity index (χ1n) is 12.2. The molecule has 1 aromatic heterocycles. The number of aliphatic imine (C=N–C) groups is 1. The first kappa shape index (κ1) is 28.6. The zero-order chi connectivity index (χ0) is 30.0. The van der Waals surface area contributed by atoms with Gasteiger partial charge in [0.05, 0.1) is 22.8 Å². The van der Waals surface area contributed by atoms with Crippen molar-refractivity contribution >= 4 is 45.9 Å². The zero-order valence-electron chi connectivity index (χ0n) is 22.0. The van der Waals surface area contributed by atoms with Crippen molar-refractivity contribution < 1.29 is 31.9 Å². The fourth-order valence-corrected chi connectivity index (χ4v) is 4.78. The van der Waals surface area contributed by atoms with Crippen LogP contribution in [0.4, 0.5) is 39.4 Å². The number of benzene rings is 3. The second kappa shape index (κ2) is 11.5. The van der Waals surface area contributed by atoms with Crippen LogP contribution in [-0.2, 0) is 4.79 Å². The van der Waals surface area contributed by atoms with Crippen molar-refractivity contribution in [3.8, 4) is 22.8 Å². The van der Waals surface area contributed by atoms with Gasteiger partial charge in [-0.25, -0.2) is 18.9 Å². The number of anilines is 3. The normalized spacial score (nSPS) is 14.4.